The molecule has 0 aliphatic heterocycles. The topological polar surface area (TPSA) is 35.8 Å². The van der Waals surface area contributed by atoms with Gasteiger partial charge < -0.3 is 10.0 Å². The second-order valence-electron chi connectivity index (χ2n) is 5.35. The number of halogens is 3. The van der Waals surface area contributed by atoms with Gasteiger partial charge in [-0.05, 0) is 43.9 Å². The number of phenolic OH excluding ortho intramolecular Hbond substituents is 1. The summed E-state index contributed by atoms with van der Waals surface area (Å²) in [6.45, 7) is 0.403. The van der Waals surface area contributed by atoms with Crippen molar-refractivity contribution < 1.29 is 9.50 Å². The number of phenols is 1. The minimum Gasteiger partial charge on any atom is -0.506 e. The van der Waals surface area contributed by atoms with Crippen molar-refractivity contribution in [3.63, 3.8) is 0 Å². The number of aliphatic imine (C=N–C) groups is 1. The molecule has 2 rings (SSSR count). The summed E-state index contributed by atoms with van der Waals surface area (Å²) in [5.41, 5.74) is 1.28. The molecular weight excluding hydrogens is 338 g/mol. The van der Waals surface area contributed by atoms with Gasteiger partial charge in [-0.15, -0.1) is 0 Å². The van der Waals surface area contributed by atoms with E-state index < -0.39 is 0 Å². The molecule has 2 aromatic rings. The van der Waals surface area contributed by atoms with Crippen LogP contribution in [0.5, 0.6) is 5.75 Å². The van der Waals surface area contributed by atoms with E-state index in [0.29, 0.717) is 17.1 Å². The first-order valence-corrected chi connectivity index (χ1v) is 7.74. The van der Waals surface area contributed by atoms with Crippen LogP contribution in [0, 0.1) is 5.82 Å². The molecule has 0 radical (unpaired) electrons. The number of rotatable bonds is 5. The number of benzene rings is 2. The van der Waals surface area contributed by atoms with Crippen LogP contribution in [0.2, 0.25) is 10.0 Å². The van der Waals surface area contributed by atoms with Crippen molar-refractivity contribution in [2.24, 2.45) is 4.99 Å². The van der Waals surface area contributed by atoms with Gasteiger partial charge in [0, 0.05) is 16.8 Å². The molecule has 0 heterocycles. The second-order valence-corrected chi connectivity index (χ2v) is 6.20. The van der Waals surface area contributed by atoms with Crippen molar-refractivity contribution in [3.05, 3.63) is 63.4 Å². The van der Waals surface area contributed by atoms with Gasteiger partial charge in [0.15, 0.2) is 0 Å². The second kappa shape index (κ2) is 7.77. The highest BCUT2D eigenvalue weighted by Crippen LogP contribution is 2.30. The van der Waals surface area contributed by atoms with Crippen molar-refractivity contribution in [2.45, 2.75) is 6.04 Å². The summed E-state index contributed by atoms with van der Waals surface area (Å²) in [5, 5.41) is 10.5. The fourth-order valence-electron chi connectivity index (χ4n) is 2.22. The third-order valence-corrected chi connectivity index (χ3v) is 3.93. The maximum Gasteiger partial charge on any atom is 0.143 e. The molecule has 0 bridgehead atoms. The number of hydrogen-bond acceptors (Lipinski definition) is 3. The van der Waals surface area contributed by atoms with Crippen molar-refractivity contribution in [3.8, 4) is 5.75 Å². The zero-order valence-corrected chi connectivity index (χ0v) is 14.3. The predicted octanol–water partition coefficient (Wildman–Crippen LogP) is 4.56. The maximum absolute atomic E-state index is 13.4. The quantitative estimate of drug-likeness (QED) is 0.798. The molecule has 6 heteroatoms. The Morgan fingerprint density at radius 3 is 2.65 bits per heavy atom. The first-order valence-electron chi connectivity index (χ1n) is 6.98. The zero-order chi connectivity index (χ0) is 17.0. The fraction of sp³-hybridized carbons (Fsp3) is 0.235. The van der Waals surface area contributed by atoms with E-state index in [1.54, 1.807) is 12.1 Å². The Bertz CT molecular complexity index is 720. The van der Waals surface area contributed by atoms with Crippen molar-refractivity contribution in [1.29, 1.82) is 0 Å². The van der Waals surface area contributed by atoms with Gasteiger partial charge in [-0.3, -0.25) is 4.99 Å². The molecule has 23 heavy (non-hydrogen) atoms. The Hall–Kier alpha value is -1.62. The molecule has 0 amide bonds. The lowest BCUT2D eigenvalue weighted by Gasteiger charge is -2.23. The first kappa shape index (κ1) is 17.7. The highest BCUT2D eigenvalue weighted by Gasteiger charge is 2.14. The summed E-state index contributed by atoms with van der Waals surface area (Å²) < 4.78 is 13.4. The minimum atomic E-state index is -0.280. The molecule has 2 aromatic carbocycles. The van der Waals surface area contributed by atoms with Gasteiger partial charge in [0.25, 0.3) is 0 Å². The zero-order valence-electron chi connectivity index (χ0n) is 12.8. The highest BCUT2D eigenvalue weighted by atomic mass is 35.5. The Morgan fingerprint density at radius 1 is 1.26 bits per heavy atom. The van der Waals surface area contributed by atoms with E-state index in [9.17, 15) is 9.50 Å². The van der Waals surface area contributed by atoms with Crippen LogP contribution < -0.4 is 0 Å². The Labute approximate surface area is 145 Å². The number of likely N-dealkylation sites (N-methyl/N-ethyl adjacent to an activating group) is 1. The van der Waals surface area contributed by atoms with Crippen LogP contribution in [0.4, 0.5) is 4.39 Å². The fourth-order valence-corrected chi connectivity index (χ4v) is 2.73. The van der Waals surface area contributed by atoms with Gasteiger partial charge in [0.05, 0.1) is 17.6 Å². The third-order valence-electron chi connectivity index (χ3n) is 3.42. The molecule has 0 fully saturated rings. The summed E-state index contributed by atoms with van der Waals surface area (Å²) in [4.78, 5) is 6.30. The Kier molecular flexibility index (Phi) is 5.99. The maximum atomic E-state index is 13.4. The number of aromatic hydroxyl groups is 1. The van der Waals surface area contributed by atoms with Crippen molar-refractivity contribution >= 4 is 29.4 Å². The summed E-state index contributed by atoms with van der Waals surface area (Å²) in [6, 6.07) is 9.40. The molecular formula is C17H17Cl2FN2O. The molecule has 0 aromatic heterocycles. The molecule has 1 atom stereocenters. The van der Waals surface area contributed by atoms with Crippen LogP contribution in [-0.2, 0) is 0 Å². The highest BCUT2D eigenvalue weighted by molar-refractivity contribution is 6.36. The van der Waals surface area contributed by atoms with Crippen molar-refractivity contribution in [2.75, 3.05) is 20.6 Å². The lowest BCUT2D eigenvalue weighted by Crippen LogP contribution is -2.22. The molecule has 0 unspecified atom stereocenters. The Balaban J connectivity index is 2.19. The van der Waals surface area contributed by atoms with Crippen LogP contribution in [0.3, 0.4) is 0 Å². The largest absolute Gasteiger partial charge is 0.506 e. The van der Waals surface area contributed by atoms with Gasteiger partial charge in [-0.25, -0.2) is 4.39 Å². The SMILES string of the molecule is CN(C)[C@H](CN=Cc1cc(Cl)cc(Cl)c1O)c1cccc(F)c1. The molecule has 122 valence electrons. The van der Waals surface area contributed by atoms with E-state index in [1.807, 2.05) is 25.1 Å². The molecule has 3 nitrogen and oxygen atoms in total. The summed E-state index contributed by atoms with van der Waals surface area (Å²) >= 11 is 11.8. The molecule has 0 aliphatic carbocycles. The molecule has 1 N–H and O–H groups in total. The van der Waals surface area contributed by atoms with E-state index in [4.69, 9.17) is 23.2 Å². The standard InChI is InChI=1S/C17H17Cl2FN2O/c1-22(2)16(11-4-3-5-14(20)7-11)10-21-9-12-6-13(18)8-15(19)17(12)23/h3-9,16,23H,10H2,1-2H3/t16-/m1/s1. The van der Waals surface area contributed by atoms with E-state index in [0.717, 1.165) is 5.56 Å². The average molecular weight is 355 g/mol. The van der Waals surface area contributed by atoms with Gasteiger partial charge in [0.2, 0.25) is 0 Å². The molecule has 0 aliphatic rings. The van der Waals surface area contributed by atoms with E-state index in [-0.39, 0.29) is 22.6 Å². The predicted molar refractivity (Wildman–Crippen MR) is 93.4 cm³/mol. The first-order chi connectivity index (χ1) is 10.9. The van der Waals surface area contributed by atoms with Gasteiger partial charge in [-0.2, -0.15) is 0 Å². The molecule has 0 spiro atoms. The smallest absolute Gasteiger partial charge is 0.143 e. The molecule has 0 saturated heterocycles. The Morgan fingerprint density at radius 2 is 2.00 bits per heavy atom. The van der Waals surface area contributed by atoms with Crippen molar-refractivity contribution in [1.82, 2.24) is 4.90 Å². The van der Waals surface area contributed by atoms with Crippen LogP contribution in [0.1, 0.15) is 17.2 Å². The summed E-state index contributed by atoms with van der Waals surface area (Å²) in [5.74, 6) is -0.343. The van der Waals surface area contributed by atoms with Crippen LogP contribution in [0.15, 0.2) is 41.4 Å². The van der Waals surface area contributed by atoms with Crippen LogP contribution in [-0.4, -0.2) is 36.9 Å². The van der Waals surface area contributed by atoms with Crippen LogP contribution >= 0.6 is 23.2 Å². The lowest BCUT2D eigenvalue weighted by molar-refractivity contribution is 0.306. The van der Waals surface area contributed by atoms with E-state index in [2.05, 4.69) is 4.99 Å². The number of nitrogens with zero attached hydrogens (tertiary/aromatic N) is 2. The lowest BCUT2D eigenvalue weighted by atomic mass is 10.1. The van der Waals surface area contributed by atoms with E-state index in [1.165, 1.54) is 24.4 Å². The van der Waals surface area contributed by atoms with Gasteiger partial charge in [0.1, 0.15) is 11.6 Å². The summed E-state index contributed by atoms with van der Waals surface area (Å²) in [6.07, 6.45) is 1.52. The van der Waals surface area contributed by atoms with Gasteiger partial charge >= 0.3 is 0 Å². The average Bonchev–Trinajstić information content (AvgIpc) is 2.47. The number of hydrogen-bond donors (Lipinski definition) is 1. The van der Waals surface area contributed by atoms with Crippen LogP contribution in [0.25, 0.3) is 0 Å². The monoisotopic (exact) mass is 354 g/mol. The van der Waals surface area contributed by atoms with E-state index >= 15 is 0 Å². The third kappa shape index (κ3) is 4.67. The summed E-state index contributed by atoms with van der Waals surface area (Å²) in [7, 11) is 3.80. The normalized spacial score (nSPS) is 13.0. The molecule has 0 saturated carbocycles. The van der Waals surface area contributed by atoms with Gasteiger partial charge in [-0.1, -0.05) is 35.3 Å². The minimum absolute atomic E-state index is 0.0630.